The van der Waals surface area contributed by atoms with Crippen LogP contribution in [0.25, 0.3) is 0 Å². The number of hydrogen-bond donors (Lipinski definition) is 0. The Balaban J connectivity index is 1.67. The molecular weight excluding hydrogens is 360 g/mol. The molecule has 4 nitrogen and oxygen atoms in total. The molecule has 0 radical (unpaired) electrons. The van der Waals surface area contributed by atoms with Gasteiger partial charge in [-0.3, -0.25) is 4.79 Å². The van der Waals surface area contributed by atoms with Crippen LogP contribution in [0.15, 0.2) is 60.8 Å². The first kappa shape index (κ1) is 17.6. The number of halogens is 1. The number of carbonyl (C=O) groups excluding carboxylic acids is 1. The van der Waals surface area contributed by atoms with Gasteiger partial charge < -0.3 is 9.64 Å². The van der Waals surface area contributed by atoms with Crippen LogP contribution in [-0.2, 0) is 6.42 Å². The van der Waals surface area contributed by atoms with Crippen molar-refractivity contribution >= 4 is 23.2 Å². The first-order valence-electron chi connectivity index (χ1n) is 8.92. The number of nitrogens with zero attached hydrogens (tertiary/aromatic N) is 2. The van der Waals surface area contributed by atoms with Gasteiger partial charge in [-0.2, -0.15) is 0 Å². The highest BCUT2D eigenvalue weighted by molar-refractivity contribution is 6.31. The van der Waals surface area contributed by atoms with Crippen LogP contribution in [0, 0.1) is 6.92 Å². The van der Waals surface area contributed by atoms with Crippen LogP contribution in [0.1, 0.15) is 27.9 Å². The van der Waals surface area contributed by atoms with Crippen molar-refractivity contribution in [3.63, 3.8) is 0 Å². The van der Waals surface area contributed by atoms with Crippen molar-refractivity contribution in [1.29, 1.82) is 0 Å². The monoisotopic (exact) mass is 378 g/mol. The summed E-state index contributed by atoms with van der Waals surface area (Å²) < 4.78 is 5.90. The zero-order valence-electron chi connectivity index (χ0n) is 15.0. The SMILES string of the molecule is Cc1ccc(Oc2ncccc2C(=O)N2CCCc3ccccc32)cc1Cl. The average molecular weight is 379 g/mol. The van der Waals surface area contributed by atoms with E-state index in [1.54, 1.807) is 24.4 Å². The normalized spacial score (nSPS) is 13.2. The van der Waals surface area contributed by atoms with E-state index >= 15 is 0 Å². The Bertz CT molecular complexity index is 1000. The summed E-state index contributed by atoms with van der Waals surface area (Å²) in [6.07, 6.45) is 3.54. The third-order valence-electron chi connectivity index (χ3n) is 4.71. The Hall–Kier alpha value is -2.85. The lowest BCUT2D eigenvalue weighted by molar-refractivity contribution is 0.0982. The van der Waals surface area contributed by atoms with Gasteiger partial charge in [0, 0.05) is 23.5 Å². The van der Waals surface area contributed by atoms with Crippen LogP contribution in [-0.4, -0.2) is 17.4 Å². The number of fused-ring (bicyclic) bond motifs is 1. The lowest BCUT2D eigenvalue weighted by Gasteiger charge is -2.29. The topological polar surface area (TPSA) is 42.4 Å². The summed E-state index contributed by atoms with van der Waals surface area (Å²) >= 11 is 6.18. The maximum absolute atomic E-state index is 13.3. The van der Waals surface area contributed by atoms with Gasteiger partial charge >= 0.3 is 0 Å². The van der Waals surface area contributed by atoms with Crippen molar-refractivity contribution in [3.8, 4) is 11.6 Å². The van der Waals surface area contributed by atoms with Crippen LogP contribution in [0.4, 0.5) is 5.69 Å². The number of rotatable bonds is 3. The van der Waals surface area contributed by atoms with Crippen molar-refractivity contribution in [3.05, 3.63) is 82.5 Å². The van der Waals surface area contributed by atoms with Crippen LogP contribution in [0.5, 0.6) is 11.6 Å². The molecule has 1 aromatic heterocycles. The Morgan fingerprint density at radius 3 is 2.85 bits per heavy atom. The van der Waals surface area contributed by atoms with Crippen LogP contribution in [0.2, 0.25) is 5.02 Å². The maximum Gasteiger partial charge on any atom is 0.263 e. The van der Waals surface area contributed by atoms with Crippen LogP contribution >= 0.6 is 11.6 Å². The fourth-order valence-corrected chi connectivity index (χ4v) is 3.44. The Labute approximate surface area is 163 Å². The second-order valence-corrected chi connectivity index (χ2v) is 6.97. The van der Waals surface area contributed by atoms with Crippen molar-refractivity contribution in [2.75, 3.05) is 11.4 Å². The van der Waals surface area contributed by atoms with E-state index in [0.717, 1.165) is 24.1 Å². The largest absolute Gasteiger partial charge is 0.438 e. The smallest absolute Gasteiger partial charge is 0.263 e. The van der Waals surface area contributed by atoms with Crippen LogP contribution < -0.4 is 9.64 Å². The second-order valence-electron chi connectivity index (χ2n) is 6.56. The van der Waals surface area contributed by atoms with Gasteiger partial charge in [-0.25, -0.2) is 4.98 Å². The molecule has 27 heavy (non-hydrogen) atoms. The number of ether oxygens (including phenoxy) is 1. The minimum atomic E-state index is -0.108. The molecule has 0 unspecified atom stereocenters. The van der Waals surface area contributed by atoms with E-state index in [1.807, 2.05) is 42.2 Å². The van der Waals surface area contributed by atoms with Crippen molar-refractivity contribution < 1.29 is 9.53 Å². The van der Waals surface area contributed by atoms with Gasteiger partial charge in [0.2, 0.25) is 5.88 Å². The van der Waals surface area contributed by atoms with E-state index in [2.05, 4.69) is 11.1 Å². The molecule has 1 aliphatic rings. The zero-order valence-corrected chi connectivity index (χ0v) is 15.7. The highest BCUT2D eigenvalue weighted by Crippen LogP contribution is 2.31. The lowest BCUT2D eigenvalue weighted by Crippen LogP contribution is -2.35. The Morgan fingerprint density at radius 1 is 1.15 bits per heavy atom. The predicted molar refractivity (Wildman–Crippen MR) is 107 cm³/mol. The molecular formula is C22H19ClN2O2. The predicted octanol–water partition coefficient (Wildman–Crippen LogP) is 5.43. The van der Waals surface area contributed by atoms with E-state index in [1.165, 1.54) is 5.56 Å². The van der Waals surface area contributed by atoms with E-state index in [0.29, 0.717) is 22.9 Å². The molecule has 0 aliphatic carbocycles. The van der Waals surface area contributed by atoms with Gasteiger partial charge in [-0.15, -0.1) is 0 Å². The highest BCUT2D eigenvalue weighted by atomic mass is 35.5. The van der Waals surface area contributed by atoms with E-state index in [-0.39, 0.29) is 11.8 Å². The average Bonchev–Trinajstić information content (AvgIpc) is 2.70. The van der Waals surface area contributed by atoms with Gasteiger partial charge in [0.15, 0.2) is 0 Å². The fraction of sp³-hybridized carbons (Fsp3) is 0.182. The molecule has 0 fully saturated rings. The van der Waals surface area contributed by atoms with Crippen molar-refractivity contribution in [2.45, 2.75) is 19.8 Å². The molecule has 0 saturated carbocycles. The fourth-order valence-electron chi connectivity index (χ4n) is 3.27. The summed E-state index contributed by atoms with van der Waals surface area (Å²) in [5.41, 5.74) is 3.55. The molecule has 2 aromatic carbocycles. The number of anilines is 1. The third-order valence-corrected chi connectivity index (χ3v) is 5.12. The molecule has 0 saturated heterocycles. The molecule has 0 bridgehead atoms. The molecule has 0 N–H and O–H groups in total. The Kier molecular flexibility index (Phi) is 4.82. The highest BCUT2D eigenvalue weighted by Gasteiger charge is 2.26. The lowest BCUT2D eigenvalue weighted by atomic mass is 10.0. The molecule has 3 aromatic rings. The van der Waals surface area contributed by atoms with E-state index in [9.17, 15) is 4.79 Å². The van der Waals surface area contributed by atoms with E-state index in [4.69, 9.17) is 16.3 Å². The summed E-state index contributed by atoms with van der Waals surface area (Å²) in [5.74, 6) is 0.728. The second kappa shape index (κ2) is 7.41. The molecule has 0 spiro atoms. The quantitative estimate of drug-likeness (QED) is 0.610. The number of benzene rings is 2. The van der Waals surface area contributed by atoms with Gasteiger partial charge in [0.1, 0.15) is 11.3 Å². The summed E-state index contributed by atoms with van der Waals surface area (Å²) in [7, 11) is 0. The number of para-hydroxylation sites is 1. The summed E-state index contributed by atoms with van der Waals surface area (Å²) in [6, 6.07) is 17.0. The summed E-state index contributed by atoms with van der Waals surface area (Å²) in [4.78, 5) is 19.4. The van der Waals surface area contributed by atoms with Gasteiger partial charge in [-0.05, 0) is 61.2 Å². The van der Waals surface area contributed by atoms with E-state index < -0.39 is 0 Å². The Morgan fingerprint density at radius 2 is 2.00 bits per heavy atom. The standard InChI is InChI=1S/C22H19ClN2O2/c1-15-10-11-17(14-19(15)23)27-21-18(8-4-12-24-21)22(26)25-13-5-7-16-6-2-3-9-20(16)25/h2-4,6,8-12,14H,5,7,13H2,1H3. The molecule has 4 rings (SSSR count). The minimum absolute atomic E-state index is 0.108. The third kappa shape index (κ3) is 3.53. The number of aryl methyl sites for hydroxylation is 2. The number of aromatic nitrogens is 1. The van der Waals surface area contributed by atoms with Gasteiger partial charge in [-0.1, -0.05) is 35.9 Å². The molecule has 1 amide bonds. The minimum Gasteiger partial charge on any atom is -0.438 e. The molecule has 0 atom stereocenters. The van der Waals surface area contributed by atoms with Crippen LogP contribution in [0.3, 0.4) is 0 Å². The first-order valence-corrected chi connectivity index (χ1v) is 9.30. The number of amides is 1. The molecule has 5 heteroatoms. The summed E-state index contributed by atoms with van der Waals surface area (Å²) in [5, 5.41) is 0.612. The number of hydrogen-bond acceptors (Lipinski definition) is 3. The number of pyridine rings is 1. The first-order chi connectivity index (χ1) is 13.1. The van der Waals surface area contributed by atoms with Gasteiger partial charge in [0.05, 0.1) is 0 Å². The summed E-state index contributed by atoms with van der Waals surface area (Å²) in [6.45, 7) is 2.61. The number of carbonyl (C=O) groups is 1. The van der Waals surface area contributed by atoms with Gasteiger partial charge in [0.25, 0.3) is 5.91 Å². The zero-order chi connectivity index (χ0) is 18.8. The maximum atomic E-state index is 13.3. The molecule has 2 heterocycles. The van der Waals surface area contributed by atoms with Crippen molar-refractivity contribution in [1.82, 2.24) is 4.98 Å². The van der Waals surface area contributed by atoms with Crippen molar-refractivity contribution in [2.24, 2.45) is 0 Å². The molecule has 1 aliphatic heterocycles. The molecule has 136 valence electrons.